The van der Waals surface area contributed by atoms with E-state index in [-0.39, 0.29) is 6.10 Å². The summed E-state index contributed by atoms with van der Waals surface area (Å²) in [5.41, 5.74) is 0. The Morgan fingerprint density at radius 2 is 1.69 bits per heavy atom. The first kappa shape index (κ1) is 12.3. The van der Waals surface area contributed by atoms with E-state index in [1.165, 1.54) is 45.3 Å². The Morgan fingerprint density at radius 1 is 1.00 bits per heavy atom. The Bertz CT molecular complexity index is 202. The highest BCUT2D eigenvalue weighted by Crippen LogP contribution is 2.23. The lowest BCUT2D eigenvalue weighted by Crippen LogP contribution is -2.53. The van der Waals surface area contributed by atoms with Crippen molar-refractivity contribution >= 4 is 0 Å². The Kier molecular flexibility index (Phi) is 4.62. The van der Waals surface area contributed by atoms with Crippen LogP contribution in [0.5, 0.6) is 0 Å². The Hall–Kier alpha value is -0.120. The number of hydrogen-bond donors (Lipinski definition) is 1. The first-order chi connectivity index (χ1) is 7.81. The van der Waals surface area contributed by atoms with Crippen molar-refractivity contribution in [2.75, 3.05) is 32.7 Å². The number of aliphatic hydroxyl groups excluding tert-OH is 1. The van der Waals surface area contributed by atoms with Crippen molar-refractivity contribution in [2.45, 2.75) is 51.2 Å². The summed E-state index contributed by atoms with van der Waals surface area (Å²) in [5.74, 6) is 0. The van der Waals surface area contributed by atoms with E-state index in [0.717, 1.165) is 19.5 Å². The van der Waals surface area contributed by atoms with Gasteiger partial charge in [0.25, 0.3) is 0 Å². The maximum atomic E-state index is 10.2. The van der Waals surface area contributed by atoms with Crippen LogP contribution in [-0.2, 0) is 0 Å². The predicted molar refractivity (Wildman–Crippen MR) is 66.6 cm³/mol. The molecule has 2 atom stereocenters. The van der Waals surface area contributed by atoms with E-state index in [2.05, 4.69) is 16.7 Å². The van der Waals surface area contributed by atoms with Gasteiger partial charge in [0, 0.05) is 32.2 Å². The van der Waals surface area contributed by atoms with Crippen molar-refractivity contribution < 1.29 is 5.11 Å². The van der Waals surface area contributed by atoms with E-state index < -0.39 is 0 Å². The van der Waals surface area contributed by atoms with E-state index in [1.807, 2.05) is 0 Å². The fourth-order valence-corrected chi connectivity index (χ4v) is 3.11. The topological polar surface area (TPSA) is 26.7 Å². The van der Waals surface area contributed by atoms with Gasteiger partial charge in [-0.05, 0) is 19.4 Å². The molecule has 2 unspecified atom stereocenters. The summed E-state index contributed by atoms with van der Waals surface area (Å²) in [4.78, 5) is 5.03. The molecule has 0 aromatic carbocycles. The maximum Gasteiger partial charge on any atom is 0.0695 e. The number of likely N-dealkylation sites (N-methyl/N-ethyl adjacent to an activating group) is 1. The lowest BCUT2D eigenvalue weighted by molar-refractivity contribution is 0.0164. The fourth-order valence-electron chi connectivity index (χ4n) is 3.11. The van der Waals surface area contributed by atoms with Gasteiger partial charge in [0.1, 0.15) is 0 Å². The molecule has 16 heavy (non-hydrogen) atoms. The molecule has 1 heterocycles. The molecule has 2 rings (SSSR count). The summed E-state index contributed by atoms with van der Waals surface area (Å²) >= 11 is 0. The second-order valence-electron chi connectivity index (χ2n) is 5.24. The summed E-state index contributed by atoms with van der Waals surface area (Å²) in [5, 5.41) is 10.2. The smallest absolute Gasteiger partial charge is 0.0695 e. The van der Waals surface area contributed by atoms with Gasteiger partial charge in [-0.3, -0.25) is 4.90 Å². The van der Waals surface area contributed by atoms with E-state index in [9.17, 15) is 5.11 Å². The molecule has 0 radical (unpaired) electrons. The molecule has 1 saturated carbocycles. The van der Waals surface area contributed by atoms with Crippen LogP contribution in [0.15, 0.2) is 0 Å². The van der Waals surface area contributed by atoms with Gasteiger partial charge in [-0.2, -0.15) is 0 Å². The number of nitrogens with zero attached hydrogens (tertiary/aromatic N) is 2. The molecule has 2 fully saturated rings. The number of piperazine rings is 1. The SMILES string of the molecule is CCN1CCN(C2CCCCCC2O)CC1. The summed E-state index contributed by atoms with van der Waals surface area (Å²) in [7, 11) is 0. The van der Waals surface area contributed by atoms with Crippen molar-refractivity contribution in [2.24, 2.45) is 0 Å². The average molecular weight is 226 g/mol. The highest BCUT2D eigenvalue weighted by Gasteiger charge is 2.29. The van der Waals surface area contributed by atoms with Crippen molar-refractivity contribution in [3.8, 4) is 0 Å². The minimum atomic E-state index is -0.0734. The average Bonchev–Trinajstić information content (AvgIpc) is 2.54. The molecule has 2 aliphatic rings. The Balaban J connectivity index is 1.86. The van der Waals surface area contributed by atoms with Crippen LogP contribution in [0.2, 0.25) is 0 Å². The number of hydrogen-bond acceptors (Lipinski definition) is 3. The summed E-state index contributed by atoms with van der Waals surface area (Å²) in [6.45, 7) is 8.06. The predicted octanol–water partition coefficient (Wildman–Crippen LogP) is 1.32. The molecule has 1 saturated heterocycles. The highest BCUT2D eigenvalue weighted by atomic mass is 16.3. The first-order valence-corrected chi connectivity index (χ1v) is 6.95. The molecule has 0 amide bonds. The van der Waals surface area contributed by atoms with E-state index in [4.69, 9.17) is 0 Å². The highest BCUT2D eigenvalue weighted by molar-refractivity contribution is 4.84. The third-order valence-electron chi connectivity index (χ3n) is 4.27. The summed E-state index contributed by atoms with van der Waals surface area (Å²) in [6.07, 6.45) is 5.96. The third-order valence-corrected chi connectivity index (χ3v) is 4.27. The van der Waals surface area contributed by atoms with Crippen molar-refractivity contribution in [3.05, 3.63) is 0 Å². The Labute approximate surface area is 99.4 Å². The lowest BCUT2D eigenvalue weighted by atomic mass is 10.0. The Morgan fingerprint density at radius 3 is 2.38 bits per heavy atom. The molecular formula is C13H26N2O. The van der Waals surface area contributed by atoms with E-state index >= 15 is 0 Å². The summed E-state index contributed by atoms with van der Waals surface area (Å²) in [6, 6.07) is 0.446. The van der Waals surface area contributed by atoms with Crippen LogP contribution in [0.25, 0.3) is 0 Å². The van der Waals surface area contributed by atoms with Crippen LogP contribution in [0, 0.1) is 0 Å². The van der Waals surface area contributed by atoms with Crippen LogP contribution in [-0.4, -0.2) is 59.8 Å². The molecular weight excluding hydrogens is 200 g/mol. The monoisotopic (exact) mass is 226 g/mol. The van der Waals surface area contributed by atoms with Gasteiger partial charge in [0.15, 0.2) is 0 Å². The van der Waals surface area contributed by atoms with Gasteiger partial charge < -0.3 is 10.0 Å². The number of aliphatic hydroxyl groups is 1. The van der Waals surface area contributed by atoms with E-state index in [0.29, 0.717) is 6.04 Å². The normalized spacial score (nSPS) is 34.9. The molecule has 0 aromatic rings. The molecule has 0 aromatic heterocycles. The molecule has 3 nitrogen and oxygen atoms in total. The zero-order chi connectivity index (χ0) is 11.4. The largest absolute Gasteiger partial charge is 0.391 e. The molecule has 1 aliphatic heterocycles. The second kappa shape index (κ2) is 5.99. The van der Waals surface area contributed by atoms with Gasteiger partial charge in [-0.15, -0.1) is 0 Å². The fraction of sp³-hybridized carbons (Fsp3) is 1.00. The maximum absolute atomic E-state index is 10.2. The van der Waals surface area contributed by atoms with Crippen LogP contribution in [0.3, 0.4) is 0 Å². The zero-order valence-corrected chi connectivity index (χ0v) is 10.6. The van der Waals surface area contributed by atoms with Gasteiger partial charge in [0.05, 0.1) is 6.10 Å². The first-order valence-electron chi connectivity index (χ1n) is 6.95. The standard InChI is InChI=1S/C13H26N2O/c1-2-14-8-10-15(11-9-14)12-6-4-3-5-7-13(12)16/h12-13,16H,2-11H2,1H3. The molecule has 0 spiro atoms. The minimum Gasteiger partial charge on any atom is -0.391 e. The molecule has 3 heteroatoms. The zero-order valence-electron chi connectivity index (χ0n) is 10.6. The molecule has 1 N–H and O–H groups in total. The van der Waals surface area contributed by atoms with Crippen LogP contribution < -0.4 is 0 Å². The van der Waals surface area contributed by atoms with Crippen molar-refractivity contribution in [3.63, 3.8) is 0 Å². The van der Waals surface area contributed by atoms with Crippen LogP contribution >= 0.6 is 0 Å². The molecule has 0 bridgehead atoms. The quantitative estimate of drug-likeness (QED) is 0.719. The van der Waals surface area contributed by atoms with Crippen molar-refractivity contribution in [1.29, 1.82) is 0 Å². The molecule has 1 aliphatic carbocycles. The lowest BCUT2D eigenvalue weighted by Gasteiger charge is -2.40. The van der Waals surface area contributed by atoms with Gasteiger partial charge in [-0.1, -0.05) is 26.2 Å². The minimum absolute atomic E-state index is 0.0734. The summed E-state index contributed by atoms with van der Waals surface area (Å²) < 4.78 is 0. The number of rotatable bonds is 2. The van der Waals surface area contributed by atoms with Gasteiger partial charge in [-0.25, -0.2) is 0 Å². The van der Waals surface area contributed by atoms with Gasteiger partial charge in [0.2, 0.25) is 0 Å². The molecule has 94 valence electrons. The van der Waals surface area contributed by atoms with E-state index in [1.54, 1.807) is 0 Å². The van der Waals surface area contributed by atoms with Crippen LogP contribution in [0.1, 0.15) is 39.0 Å². The van der Waals surface area contributed by atoms with Crippen molar-refractivity contribution in [1.82, 2.24) is 9.80 Å². The van der Waals surface area contributed by atoms with Gasteiger partial charge >= 0.3 is 0 Å². The third kappa shape index (κ3) is 2.96. The second-order valence-corrected chi connectivity index (χ2v) is 5.24. The van der Waals surface area contributed by atoms with Crippen LogP contribution in [0.4, 0.5) is 0 Å².